The van der Waals surface area contributed by atoms with Gasteiger partial charge in [0.1, 0.15) is 12.1 Å². The van der Waals surface area contributed by atoms with Crippen LogP contribution < -0.4 is 4.72 Å². The first kappa shape index (κ1) is 25.4. The number of hydrogen-bond acceptors (Lipinski definition) is 5. The molecule has 2 aromatic rings. The summed E-state index contributed by atoms with van der Waals surface area (Å²) >= 11 is 6.02. The molecule has 3 saturated heterocycles. The Morgan fingerprint density at radius 2 is 1.64 bits per heavy atom. The molecule has 2 atom stereocenters. The van der Waals surface area contributed by atoms with Crippen LogP contribution in [-0.4, -0.2) is 85.8 Å². The van der Waals surface area contributed by atoms with Crippen LogP contribution in [0.1, 0.15) is 39.0 Å². The molecule has 0 bridgehead atoms. The average molecular weight is 533 g/mol. The van der Waals surface area contributed by atoms with Crippen LogP contribution in [0.15, 0.2) is 41.3 Å². The molecule has 0 radical (unpaired) electrons. The zero-order valence-electron chi connectivity index (χ0n) is 20.5. The Bertz CT molecular complexity index is 1260. The Hall–Kier alpha value is -2.20. The molecule has 0 aliphatic carbocycles. The van der Waals surface area contributed by atoms with E-state index in [0.29, 0.717) is 37.1 Å². The second kappa shape index (κ2) is 10.3. The van der Waals surface area contributed by atoms with Crippen molar-refractivity contribution in [1.82, 2.24) is 19.4 Å². The van der Waals surface area contributed by atoms with Crippen molar-refractivity contribution in [2.75, 3.05) is 32.7 Å². The number of carbonyl (C=O) groups is 2. The van der Waals surface area contributed by atoms with E-state index in [1.54, 1.807) is 37.3 Å². The van der Waals surface area contributed by atoms with Gasteiger partial charge in [-0.3, -0.25) is 9.59 Å². The monoisotopic (exact) mass is 532 g/mol. The fraction of sp³-hybridized carbons (Fsp3) is 0.538. The van der Waals surface area contributed by atoms with Crippen molar-refractivity contribution in [3.8, 4) is 0 Å². The van der Waals surface area contributed by atoms with Gasteiger partial charge < -0.3 is 14.7 Å². The van der Waals surface area contributed by atoms with Gasteiger partial charge in [-0.05, 0) is 87.2 Å². The number of rotatable bonds is 6. The van der Waals surface area contributed by atoms with Crippen LogP contribution >= 0.6 is 11.6 Å². The lowest BCUT2D eigenvalue weighted by Gasteiger charge is -2.38. The number of sulfonamides is 1. The number of nitrogens with zero attached hydrogens (tertiary/aromatic N) is 3. The summed E-state index contributed by atoms with van der Waals surface area (Å²) in [5.41, 5.74) is 0. The highest BCUT2D eigenvalue weighted by Crippen LogP contribution is 2.25. The first-order valence-corrected chi connectivity index (χ1v) is 14.6. The zero-order chi connectivity index (χ0) is 25.4. The van der Waals surface area contributed by atoms with Gasteiger partial charge in [-0.15, -0.1) is 0 Å². The van der Waals surface area contributed by atoms with Gasteiger partial charge in [-0.2, -0.15) is 4.72 Å². The third-order valence-electron chi connectivity index (χ3n) is 7.88. The van der Waals surface area contributed by atoms with E-state index in [-0.39, 0.29) is 16.7 Å². The predicted octanol–water partition coefficient (Wildman–Crippen LogP) is 2.85. The van der Waals surface area contributed by atoms with Crippen LogP contribution in [0.2, 0.25) is 5.02 Å². The SMILES string of the molecule is C[C@@H](C(=O)N1CCC(N2CCCC2)CC1)N1CC[C@H](NS(=O)(=O)c2ccc3cc(Cl)ccc3c2)C1=O. The van der Waals surface area contributed by atoms with Gasteiger partial charge in [0.15, 0.2) is 0 Å². The molecule has 0 saturated carbocycles. The predicted molar refractivity (Wildman–Crippen MR) is 139 cm³/mol. The molecular weight excluding hydrogens is 500 g/mol. The number of nitrogens with one attached hydrogen (secondary N) is 1. The summed E-state index contributed by atoms with van der Waals surface area (Å²) in [7, 11) is -3.91. The summed E-state index contributed by atoms with van der Waals surface area (Å²) in [6.07, 6.45) is 4.78. The minimum Gasteiger partial charge on any atom is -0.341 e. The Morgan fingerprint density at radius 1 is 0.972 bits per heavy atom. The van der Waals surface area contributed by atoms with E-state index < -0.39 is 22.1 Å². The first-order chi connectivity index (χ1) is 17.2. The van der Waals surface area contributed by atoms with Gasteiger partial charge in [-0.1, -0.05) is 23.7 Å². The fourth-order valence-corrected chi connectivity index (χ4v) is 7.21. The lowest BCUT2D eigenvalue weighted by atomic mass is 10.0. The number of likely N-dealkylation sites (tertiary alicyclic amines) is 3. The van der Waals surface area contributed by atoms with Crippen molar-refractivity contribution < 1.29 is 18.0 Å². The number of amides is 2. The molecule has 2 amide bonds. The summed E-state index contributed by atoms with van der Waals surface area (Å²) in [5, 5.41) is 2.16. The molecule has 2 aromatic carbocycles. The minimum atomic E-state index is -3.91. The summed E-state index contributed by atoms with van der Waals surface area (Å²) in [6, 6.07) is 9.08. The lowest BCUT2D eigenvalue weighted by molar-refractivity contribution is -0.144. The van der Waals surface area contributed by atoms with Crippen LogP contribution in [0.25, 0.3) is 10.8 Å². The van der Waals surface area contributed by atoms with Gasteiger partial charge in [0.05, 0.1) is 4.90 Å². The van der Waals surface area contributed by atoms with Gasteiger partial charge in [0.2, 0.25) is 21.8 Å². The van der Waals surface area contributed by atoms with Crippen LogP contribution in [0, 0.1) is 0 Å². The van der Waals surface area contributed by atoms with Gasteiger partial charge in [0, 0.05) is 30.7 Å². The maximum atomic E-state index is 13.2. The second-order valence-corrected chi connectivity index (χ2v) is 12.3. The molecule has 5 rings (SSSR count). The molecule has 36 heavy (non-hydrogen) atoms. The zero-order valence-corrected chi connectivity index (χ0v) is 22.1. The van der Waals surface area contributed by atoms with Crippen LogP contribution in [0.4, 0.5) is 0 Å². The molecule has 3 aliphatic heterocycles. The standard InChI is InChI=1S/C26H33ClN4O4S/c1-18(25(32)30-13-8-22(9-14-30)29-11-2-3-12-29)31-15-10-24(26(31)33)28-36(34,35)23-7-5-19-16-21(27)6-4-20(19)17-23/h4-7,16-18,22,24,28H,2-3,8-15H2,1H3/t18-,24-/m0/s1. The molecule has 0 aromatic heterocycles. The summed E-state index contributed by atoms with van der Waals surface area (Å²) in [6.45, 7) is 5.81. The van der Waals surface area contributed by atoms with E-state index >= 15 is 0 Å². The minimum absolute atomic E-state index is 0.0556. The average Bonchev–Trinajstić information content (AvgIpc) is 3.53. The number of fused-ring (bicyclic) bond motifs is 1. The maximum Gasteiger partial charge on any atom is 0.245 e. The Balaban J connectivity index is 1.20. The lowest BCUT2D eigenvalue weighted by Crippen LogP contribution is -2.53. The highest BCUT2D eigenvalue weighted by molar-refractivity contribution is 7.89. The largest absolute Gasteiger partial charge is 0.341 e. The fourth-order valence-electron chi connectivity index (χ4n) is 5.77. The quantitative estimate of drug-likeness (QED) is 0.618. The molecule has 0 unspecified atom stereocenters. The van der Waals surface area contributed by atoms with E-state index in [4.69, 9.17) is 11.6 Å². The third-order valence-corrected chi connectivity index (χ3v) is 9.58. The molecule has 8 nitrogen and oxygen atoms in total. The Morgan fingerprint density at radius 3 is 2.36 bits per heavy atom. The first-order valence-electron chi connectivity index (χ1n) is 12.8. The Kier molecular flexibility index (Phi) is 7.27. The van der Waals surface area contributed by atoms with Crippen molar-refractivity contribution in [3.05, 3.63) is 41.4 Å². The van der Waals surface area contributed by atoms with E-state index in [0.717, 1.165) is 36.7 Å². The molecule has 194 valence electrons. The number of benzene rings is 2. The molecule has 3 aliphatic rings. The van der Waals surface area contributed by atoms with Crippen LogP contribution in [0.5, 0.6) is 0 Å². The topological polar surface area (TPSA) is 90.0 Å². The molecule has 10 heteroatoms. The summed E-state index contributed by atoms with van der Waals surface area (Å²) in [4.78, 5) is 32.3. The van der Waals surface area contributed by atoms with E-state index in [1.165, 1.54) is 23.8 Å². The smallest absolute Gasteiger partial charge is 0.245 e. The number of piperidine rings is 1. The van der Waals surface area contributed by atoms with Gasteiger partial charge >= 0.3 is 0 Å². The van der Waals surface area contributed by atoms with Crippen LogP contribution in [0.3, 0.4) is 0 Å². The van der Waals surface area contributed by atoms with Crippen molar-refractivity contribution in [2.24, 2.45) is 0 Å². The molecule has 3 heterocycles. The van der Waals surface area contributed by atoms with E-state index in [1.807, 2.05) is 4.90 Å². The normalized spacial score (nSPS) is 23.1. The highest BCUT2D eigenvalue weighted by Gasteiger charge is 2.40. The highest BCUT2D eigenvalue weighted by atomic mass is 35.5. The van der Waals surface area contributed by atoms with Crippen molar-refractivity contribution in [3.63, 3.8) is 0 Å². The maximum absolute atomic E-state index is 13.2. The third kappa shape index (κ3) is 5.11. The van der Waals surface area contributed by atoms with Crippen molar-refractivity contribution in [1.29, 1.82) is 0 Å². The molecule has 1 N–H and O–H groups in total. The number of hydrogen-bond donors (Lipinski definition) is 1. The Labute approximate surface area is 217 Å². The summed E-state index contributed by atoms with van der Waals surface area (Å²) < 4.78 is 28.7. The number of carbonyl (C=O) groups excluding carboxylic acids is 2. The molecule has 3 fully saturated rings. The second-order valence-electron chi connectivity index (χ2n) is 10.1. The van der Waals surface area contributed by atoms with Crippen molar-refractivity contribution >= 4 is 44.2 Å². The van der Waals surface area contributed by atoms with E-state index in [2.05, 4.69) is 9.62 Å². The van der Waals surface area contributed by atoms with E-state index in [9.17, 15) is 18.0 Å². The van der Waals surface area contributed by atoms with Gasteiger partial charge in [0.25, 0.3) is 0 Å². The summed E-state index contributed by atoms with van der Waals surface area (Å²) in [5.74, 6) is -0.404. The van der Waals surface area contributed by atoms with Gasteiger partial charge in [-0.25, -0.2) is 8.42 Å². The van der Waals surface area contributed by atoms with Crippen molar-refractivity contribution in [2.45, 2.75) is 62.0 Å². The number of halogens is 1. The van der Waals surface area contributed by atoms with Crippen LogP contribution in [-0.2, 0) is 19.6 Å². The molecular formula is C26H33ClN4O4S. The molecule has 0 spiro atoms.